The molecule has 0 spiro atoms. The van der Waals surface area contributed by atoms with Crippen LogP contribution in [-0.2, 0) is 19.1 Å². The highest BCUT2D eigenvalue weighted by molar-refractivity contribution is 8.13. The Morgan fingerprint density at radius 1 is 0.519 bits per heavy atom. The molecule has 0 aliphatic carbocycles. The maximum absolute atomic E-state index is 12.7. The number of ether oxygens (including phenoxy) is 2. The van der Waals surface area contributed by atoms with Crippen LogP contribution >= 0.6 is 11.8 Å². The molecule has 0 heterocycles. The van der Waals surface area contributed by atoms with Gasteiger partial charge in [0, 0.05) is 25.1 Å². The van der Waals surface area contributed by atoms with E-state index in [2.05, 4.69) is 62.2 Å². The molecule has 8 heteroatoms. The van der Waals surface area contributed by atoms with Crippen LogP contribution in [0.3, 0.4) is 0 Å². The average molecular weight is 779 g/mol. The zero-order valence-electron chi connectivity index (χ0n) is 35.8. The number of hydrogen-bond acceptors (Lipinski definition) is 7. The lowest BCUT2D eigenvalue weighted by atomic mass is 10.1. The minimum Gasteiger partial charge on any atom is -0.463 e. The first kappa shape index (κ1) is 52.2. The maximum Gasteiger partial charge on any atom is 0.305 e. The van der Waals surface area contributed by atoms with Crippen molar-refractivity contribution in [3.05, 3.63) is 24.3 Å². The van der Waals surface area contributed by atoms with Gasteiger partial charge in [-0.15, -0.1) is 0 Å². The molecule has 0 aromatic heterocycles. The van der Waals surface area contributed by atoms with E-state index in [9.17, 15) is 14.4 Å². The van der Waals surface area contributed by atoms with E-state index in [1.165, 1.54) is 127 Å². The zero-order valence-corrected chi connectivity index (χ0v) is 36.6. The minimum absolute atomic E-state index is 0.00688. The summed E-state index contributed by atoms with van der Waals surface area (Å²) < 4.78 is 11.1. The number of amides is 1. The van der Waals surface area contributed by atoms with Gasteiger partial charge in [-0.25, -0.2) is 0 Å². The van der Waals surface area contributed by atoms with Crippen molar-refractivity contribution < 1.29 is 23.9 Å². The summed E-state index contributed by atoms with van der Waals surface area (Å²) in [4.78, 5) is 40.0. The third kappa shape index (κ3) is 38.5. The Morgan fingerprint density at radius 2 is 0.870 bits per heavy atom. The lowest BCUT2D eigenvalue weighted by Crippen LogP contribution is -2.41. The first-order chi connectivity index (χ1) is 26.5. The molecule has 1 N–H and O–H groups in total. The van der Waals surface area contributed by atoms with E-state index in [0.717, 1.165) is 71.0 Å². The molecule has 54 heavy (non-hydrogen) atoms. The third-order valence-electron chi connectivity index (χ3n) is 10.0. The molecule has 0 aliphatic heterocycles. The van der Waals surface area contributed by atoms with Gasteiger partial charge in [-0.3, -0.25) is 14.4 Å². The largest absolute Gasteiger partial charge is 0.463 e. The maximum atomic E-state index is 12.7. The van der Waals surface area contributed by atoms with Gasteiger partial charge in [-0.2, -0.15) is 0 Å². The summed E-state index contributed by atoms with van der Waals surface area (Å²) in [6.07, 6.45) is 41.5. The summed E-state index contributed by atoms with van der Waals surface area (Å²) in [5, 5.41) is 2.74. The number of rotatable bonds is 40. The lowest BCUT2D eigenvalue weighted by Gasteiger charge is -2.20. The quantitative estimate of drug-likeness (QED) is 0.0377. The second-order valence-corrected chi connectivity index (χ2v) is 16.1. The molecule has 0 bridgehead atoms. The molecule has 0 radical (unpaired) electrons. The average Bonchev–Trinajstić information content (AvgIpc) is 3.17. The molecule has 0 atom stereocenters. The number of nitrogens with zero attached hydrogens (tertiary/aromatic N) is 1. The fourth-order valence-corrected chi connectivity index (χ4v) is 7.14. The van der Waals surface area contributed by atoms with E-state index in [4.69, 9.17) is 9.47 Å². The van der Waals surface area contributed by atoms with Crippen LogP contribution in [0.4, 0.5) is 4.79 Å². The number of esters is 2. The number of allylic oxidation sites excluding steroid dienone is 4. The van der Waals surface area contributed by atoms with Crippen LogP contribution in [0, 0.1) is 0 Å². The summed E-state index contributed by atoms with van der Waals surface area (Å²) in [7, 11) is 0. The van der Waals surface area contributed by atoms with E-state index in [1.807, 2.05) is 0 Å². The van der Waals surface area contributed by atoms with Crippen molar-refractivity contribution >= 4 is 28.9 Å². The minimum atomic E-state index is -0.561. The Balaban J connectivity index is 4.27. The second-order valence-electron chi connectivity index (χ2n) is 15.0. The molecule has 0 rings (SSSR count). The summed E-state index contributed by atoms with van der Waals surface area (Å²) >= 11 is 1.22. The van der Waals surface area contributed by atoms with E-state index in [1.54, 1.807) is 0 Å². The molecule has 0 aromatic carbocycles. The first-order valence-electron chi connectivity index (χ1n) is 22.7. The van der Waals surface area contributed by atoms with Crippen LogP contribution in [0.2, 0.25) is 0 Å². The zero-order chi connectivity index (χ0) is 39.6. The molecule has 7 nitrogen and oxygen atoms in total. The molecule has 0 unspecified atom stereocenters. The molecular weight excluding hydrogens is 693 g/mol. The van der Waals surface area contributed by atoms with Gasteiger partial charge < -0.3 is 19.7 Å². The number of carbonyl (C=O) groups excluding carboxylic acids is 3. The normalized spacial score (nSPS) is 11.7. The molecule has 0 saturated carbocycles. The van der Waals surface area contributed by atoms with Crippen molar-refractivity contribution in [3.63, 3.8) is 0 Å². The van der Waals surface area contributed by atoms with E-state index >= 15 is 0 Å². The number of thioether (sulfide) groups is 1. The summed E-state index contributed by atoms with van der Waals surface area (Å²) in [5.74, 6) is 0.145. The Labute approximate surface area is 338 Å². The van der Waals surface area contributed by atoms with Gasteiger partial charge in [0.05, 0.1) is 6.04 Å². The van der Waals surface area contributed by atoms with Crippen molar-refractivity contribution in [3.8, 4) is 0 Å². The Morgan fingerprint density at radius 3 is 1.24 bits per heavy atom. The highest BCUT2D eigenvalue weighted by Gasteiger charge is 2.18. The van der Waals surface area contributed by atoms with Crippen LogP contribution < -0.4 is 5.32 Å². The molecular formula is C46H86N2O5S. The Hall–Kier alpha value is -1.80. The molecule has 0 aliphatic rings. The van der Waals surface area contributed by atoms with Crippen molar-refractivity contribution in [1.29, 1.82) is 0 Å². The first-order valence-corrected chi connectivity index (χ1v) is 23.7. The molecule has 0 aromatic rings. The summed E-state index contributed by atoms with van der Waals surface area (Å²) in [6, 6.07) is -0.561. The van der Waals surface area contributed by atoms with Crippen LogP contribution in [0.1, 0.15) is 207 Å². The van der Waals surface area contributed by atoms with Crippen molar-refractivity contribution in [1.82, 2.24) is 10.2 Å². The van der Waals surface area contributed by atoms with Crippen LogP contribution in [0.25, 0.3) is 0 Å². The van der Waals surface area contributed by atoms with Gasteiger partial charge in [-0.1, -0.05) is 166 Å². The molecule has 0 fully saturated rings. The van der Waals surface area contributed by atoms with Gasteiger partial charge in [0.25, 0.3) is 5.24 Å². The fraction of sp³-hybridized carbons (Fsp3) is 0.848. The van der Waals surface area contributed by atoms with Crippen LogP contribution in [-0.4, -0.2) is 66.7 Å². The van der Waals surface area contributed by atoms with Gasteiger partial charge in [0.15, 0.2) is 0 Å². The lowest BCUT2D eigenvalue weighted by molar-refractivity contribution is -0.147. The number of carbonyl (C=O) groups is 3. The van der Waals surface area contributed by atoms with Gasteiger partial charge in [0.2, 0.25) is 0 Å². The molecule has 0 saturated heterocycles. The van der Waals surface area contributed by atoms with Crippen molar-refractivity contribution in [2.24, 2.45) is 0 Å². The number of nitrogens with one attached hydrogen (secondary N) is 1. The van der Waals surface area contributed by atoms with Gasteiger partial charge in [0.1, 0.15) is 13.2 Å². The number of unbranched alkanes of at least 4 members (excludes halogenated alkanes) is 22. The second kappa shape index (κ2) is 42.3. The third-order valence-corrected chi connectivity index (χ3v) is 10.8. The Bertz CT molecular complexity index is 852. The van der Waals surface area contributed by atoms with Crippen molar-refractivity contribution in [2.75, 3.05) is 38.6 Å². The fourth-order valence-electron chi connectivity index (χ4n) is 6.36. The molecule has 316 valence electrons. The summed E-state index contributed by atoms with van der Waals surface area (Å²) in [6.45, 7) is 11.5. The van der Waals surface area contributed by atoms with Crippen LogP contribution in [0.5, 0.6) is 0 Å². The van der Waals surface area contributed by atoms with E-state index in [-0.39, 0.29) is 30.4 Å². The monoisotopic (exact) mass is 779 g/mol. The van der Waals surface area contributed by atoms with E-state index in [0.29, 0.717) is 18.6 Å². The summed E-state index contributed by atoms with van der Waals surface area (Å²) in [5.41, 5.74) is 0. The highest BCUT2D eigenvalue weighted by atomic mass is 32.2. The predicted octanol–water partition coefficient (Wildman–Crippen LogP) is 13.3. The van der Waals surface area contributed by atoms with Crippen LogP contribution in [0.15, 0.2) is 24.3 Å². The van der Waals surface area contributed by atoms with Crippen molar-refractivity contribution in [2.45, 2.75) is 214 Å². The van der Waals surface area contributed by atoms with E-state index < -0.39 is 6.04 Å². The van der Waals surface area contributed by atoms with Gasteiger partial charge >= 0.3 is 11.9 Å². The molecule has 1 amide bonds. The SMILES string of the molecule is CCCCCCCC/C=C\CCCCCCCC(=O)OCC(COC(=O)CCCCCCC/C=C\CCCCCCCC)NC(=O)SCCN(CC)CC. The topological polar surface area (TPSA) is 84.9 Å². The predicted molar refractivity (Wildman–Crippen MR) is 233 cm³/mol. The highest BCUT2D eigenvalue weighted by Crippen LogP contribution is 2.13. The van der Waals surface area contributed by atoms with Gasteiger partial charge in [-0.05, 0) is 77.3 Å². The number of hydrogen-bond donors (Lipinski definition) is 1. The standard InChI is InChI=1S/C46H86N2O5S/c1-5-9-11-13-15-17-19-21-23-25-27-29-31-33-35-37-44(49)52-41-43(47-46(51)54-40-39-48(7-3)8-4)42-53-45(50)38-36-34-32-30-28-26-24-22-20-18-16-14-12-10-6-2/h21-24,43H,5-20,25-42H2,1-4H3,(H,47,51)/b23-21-,24-22-. The Kier molecular flexibility index (Phi) is 40.9. The smallest absolute Gasteiger partial charge is 0.305 e.